The van der Waals surface area contributed by atoms with Crippen LogP contribution in [0.25, 0.3) is 0 Å². The number of carboxylic acid groups (broad SMARTS) is 1. The molecule has 0 saturated heterocycles. The summed E-state index contributed by atoms with van der Waals surface area (Å²) in [5, 5.41) is 10.7. The normalized spacial score (nSPS) is 12.7. The number of carbonyl (C=O) groups is 1. The molecule has 0 aromatic carbocycles. The lowest BCUT2D eigenvalue weighted by Gasteiger charge is -2.12. The van der Waals surface area contributed by atoms with Gasteiger partial charge < -0.3 is 10.8 Å². The molecule has 1 aromatic rings. The van der Waals surface area contributed by atoms with Crippen LogP contribution >= 0.6 is 11.3 Å². The van der Waals surface area contributed by atoms with E-state index < -0.39 is 5.97 Å². The average molecular weight is 213 g/mol. The second kappa shape index (κ2) is 5.12. The summed E-state index contributed by atoms with van der Waals surface area (Å²) in [4.78, 5) is 11.7. The summed E-state index contributed by atoms with van der Waals surface area (Å²) in [5.74, 6) is -0.807. The van der Waals surface area contributed by atoms with E-state index in [0.717, 1.165) is 11.3 Å². The van der Waals surface area contributed by atoms with E-state index in [-0.39, 0.29) is 12.3 Å². The number of hydrogen-bond acceptors (Lipinski definition) is 3. The zero-order valence-electron chi connectivity index (χ0n) is 8.19. The van der Waals surface area contributed by atoms with E-state index in [1.54, 1.807) is 11.3 Å². The van der Waals surface area contributed by atoms with E-state index in [0.29, 0.717) is 6.54 Å². The molecule has 0 fully saturated rings. The van der Waals surface area contributed by atoms with Crippen LogP contribution in [0.4, 0.5) is 0 Å². The lowest BCUT2D eigenvalue weighted by Crippen LogP contribution is -2.16. The van der Waals surface area contributed by atoms with Gasteiger partial charge in [0.2, 0.25) is 0 Å². The second-order valence-electron chi connectivity index (χ2n) is 3.19. The van der Waals surface area contributed by atoms with Crippen LogP contribution in [0.3, 0.4) is 0 Å². The largest absolute Gasteiger partial charge is 0.481 e. The van der Waals surface area contributed by atoms with E-state index >= 15 is 0 Å². The molecule has 1 unspecified atom stereocenters. The summed E-state index contributed by atoms with van der Waals surface area (Å²) in [5.41, 5.74) is 6.81. The standard InChI is InChI=1S/C10H15NO2S/c1-2-7-3-4-14-10(7)8(6-11)5-9(12)13/h3-4,8H,2,5-6,11H2,1H3,(H,12,13). The number of rotatable bonds is 5. The van der Waals surface area contributed by atoms with E-state index in [9.17, 15) is 4.79 Å². The van der Waals surface area contributed by atoms with Gasteiger partial charge in [-0.05, 0) is 23.4 Å². The molecule has 0 saturated carbocycles. The van der Waals surface area contributed by atoms with Crippen molar-refractivity contribution in [2.75, 3.05) is 6.54 Å². The highest BCUT2D eigenvalue weighted by Gasteiger charge is 2.17. The fraction of sp³-hybridized carbons (Fsp3) is 0.500. The Kier molecular flexibility index (Phi) is 4.10. The van der Waals surface area contributed by atoms with Crippen LogP contribution < -0.4 is 5.73 Å². The Morgan fingerprint density at radius 3 is 2.93 bits per heavy atom. The molecule has 4 heteroatoms. The summed E-state index contributed by atoms with van der Waals surface area (Å²) in [6, 6.07) is 2.05. The lowest BCUT2D eigenvalue weighted by atomic mass is 9.99. The summed E-state index contributed by atoms with van der Waals surface area (Å²) in [6.45, 7) is 2.47. The molecule has 0 radical (unpaired) electrons. The van der Waals surface area contributed by atoms with Gasteiger partial charge in [-0.3, -0.25) is 4.79 Å². The Morgan fingerprint density at radius 2 is 2.43 bits per heavy atom. The summed E-state index contributed by atoms with van der Waals surface area (Å²) in [6.07, 6.45) is 1.07. The lowest BCUT2D eigenvalue weighted by molar-refractivity contribution is -0.137. The number of hydrogen-bond donors (Lipinski definition) is 2. The van der Waals surface area contributed by atoms with Crippen molar-refractivity contribution in [3.05, 3.63) is 21.9 Å². The van der Waals surface area contributed by atoms with Gasteiger partial charge >= 0.3 is 5.97 Å². The van der Waals surface area contributed by atoms with Crippen molar-refractivity contribution in [3.8, 4) is 0 Å². The molecule has 0 spiro atoms. The van der Waals surface area contributed by atoms with Crippen molar-refractivity contribution in [2.24, 2.45) is 5.73 Å². The van der Waals surface area contributed by atoms with Crippen molar-refractivity contribution in [3.63, 3.8) is 0 Å². The SMILES string of the molecule is CCc1ccsc1C(CN)CC(=O)O. The minimum absolute atomic E-state index is 0.0255. The minimum Gasteiger partial charge on any atom is -0.481 e. The highest BCUT2D eigenvalue weighted by Crippen LogP contribution is 2.28. The first-order chi connectivity index (χ1) is 6.69. The first kappa shape index (κ1) is 11.2. The number of thiophene rings is 1. The highest BCUT2D eigenvalue weighted by molar-refractivity contribution is 7.10. The maximum Gasteiger partial charge on any atom is 0.304 e. The molecule has 14 heavy (non-hydrogen) atoms. The van der Waals surface area contributed by atoms with Crippen molar-refractivity contribution in [1.82, 2.24) is 0 Å². The van der Waals surface area contributed by atoms with E-state index in [4.69, 9.17) is 10.8 Å². The van der Waals surface area contributed by atoms with Crippen molar-refractivity contribution < 1.29 is 9.90 Å². The van der Waals surface area contributed by atoms with Crippen LogP contribution in [0.2, 0.25) is 0 Å². The predicted octanol–water partition coefficient (Wildman–Crippen LogP) is 1.83. The number of nitrogens with two attached hydrogens (primary N) is 1. The number of aryl methyl sites for hydroxylation is 1. The first-order valence-corrected chi connectivity index (χ1v) is 5.55. The molecule has 3 nitrogen and oxygen atoms in total. The minimum atomic E-state index is -0.782. The van der Waals surface area contributed by atoms with Crippen molar-refractivity contribution in [2.45, 2.75) is 25.7 Å². The van der Waals surface area contributed by atoms with Gasteiger partial charge in [0.15, 0.2) is 0 Å². The average Bonchev–Trinajstić information content (AvgIpc) is 2.61. The van der Waals surface area contributed by atoms with E-state index in [2.05, 4.69) is 6.92 Å². The van der Waals surface area contributed by atoms with Gasteiger partial charge in [0, 0.05) is 17.3 Å². The molecule has 0 aliphatic carbocycles. The molecular weight excluding hydrogens is 198 g/mol. The molecule has 78 valence electrons. The molecule has 0 bridgehead atoms. The zero-order valence-corrected chi connectivity index (χ0v) is 9.01. The maximum atomic E-state index is 10.6. The smallest absolute Gasteiger partial charge is 0.304 e. The maximum absolute atomic E-state index is 10.6. The highest BCUT2D eigenvalue weighted by atomic mass is 32.1. The van der Waals surface area contributed by atoms with Gasteiger partial charge in [0.1, 0.15) is 0 Å². The summed E-state index contributed by atoms with van der Waals surface area (Å²) < 4.78 is 0. The Hall–Kier alpha value is -0.870. The van der Waals surface area contributed by atoms with Crippen LogP contribution in [0.5, 0.6) is 0 Å². The second-order valence-corrected chi connectivity index (χ2v) is 4.14. The molecule has 1 rings (SSSR count). The molecule has 1 atom stereocenters. The van der Waals surface area contributed by atoms with Gasteiger partial charge in [-0.25, -0.2) is 0 Å². The summed E-state index contributed by atoms with van der Waals surface area (Å²) >= 11 is 1.61. The molecule has 0 aliphatic heterocycles. The Labute approximate surface area is 87.6 Å². The van der Waals surface area contributed by atoms with E-state index in [1.807, 2.05) is 11.4 Å². The van der Waals surface area contributed by atoms with Crippen LogP contribution in [0, 0.1) is 0 Å². The van der Waals surface area contributed by atoms with E-state index in [1.165, 1.54) is 5.56 Å². The Balaban J connectivity index is 2.82. The molecule has 3 N–H and O–H groups in total. The molecule has 0 aliphatic rings. The fourth-order valence-electron chi connectivity index (χ4n) is 1.49. The van der Waals surface area contributed by atoms with Crippen molar-refractivity contribution in [1.29, 1.82) is 0 Å². The third-order valence-electron chi connectivity index (χ3n) is 2.24. The number of carboxylic acids is 1. The van der Waals surface area contributed by atoms with Crippen LogP contribution in [0.15, 0.2) is 11.4 Å². The summed E-state index contributed by atoms with van der Waals surface area (Å²) in [7, 11) is 0. The molecule has 1 heterocycles. The predicted molar refractivity (Wildman–Crippen MR) is 57.7 cm³/mol. The zero-order chi connectivity index (χ0) is 10.6. The number of aliphatic carboxylic acids is 1. The Bertz CT molecular complexity index is 309. The topological polar surface area (TPSA) is 63.3 Å². The van der Waals surface area contributed by atoms with Gasteiger partial charge in [-0.2, -0.15) is 0 Å². The van der Waals surface area contributed by atoms with Gasteiger partial charge in [-0.15, -0.1) is 11.3 Å². The van der Waals surface area contributed by atoms with Crippen molar-refractivity contribution >= 4 is 17.3 Å². The van der Waals surface area contributed by atoms with Crippen LogP contribution in [-0.2, 0) is 11.2 Å². The van der Waals surface area contributed by atoms with Gasteiger partial charge in [0.05, 0.1) is 6.42 Å². The third kappa shape index (κ3) is 2.56. The first-order valence-electron chi connectivity index (χ1n) is 4.67. The molecule has 1 aromatic heterocycles. The Morgan fingerprint density at radius 1 is 1.71 bits per heavy atom. The molecule has 0 amide bonds. The van der Waals surface area contributed by atoms with Gasteiger partial charge in [0.25, 0.3) is 0 Å². The van der Waals surface area contributed by atoms with Crippen LogP contribution in [-0.4, -0.2) is 17.6 Å². The fourth-order valence-corrected chi connectivity index (χ4v) is 2.61. The monoisotopic (exact) mass is 213 g/mol. The van der Waals surface area contributed by atoms with Gasteiger partial charge in [-0.1, -0.05) is 6.92 Å². The van der Waals surface area contributed by atoms with Crippen LogP contribution in [0.1, 0.15) is 29.7 Å². The quantitative estimate of drug-likeness (QED) is 0.784. The third-order valence-corrected chi connectivity index (χ3v) is 3.36. The molecular formula is C10H15NO2S.